The van der Waals surface area contributed by atoms with E-state index in [1.807, 2.05) is 0 Å². The second-order valence-corrected chi connectivity index (χ2v) is 5.42. The van der Waals surface area contributed by atoms with Crippen LogP contribution < -0.4 is 11.3 Å². The molecule has 0 bridgehead atoms. The van der Waals surface area contributed by atoms with Crippen LogP contribution in [0.25, 0.3) is 0 Å². The molecule has 2 rings (SSSR count). The number of nitrogens with two attached hydrogens (primary N) is 1. The fraction of sp³-hybridized carbons (Fsp3) is 0.333. The number of hydrogen-bond donors (Lipinski definition) is 2. The molecule has 0 spiro atoms. The Balaban J connectivity index is 1.80. The van der Waals surface area contributed by atoms with E-state index < -0.39 is 0 Å². The first-order valence-corrected chi connectivity index (χ1v) is 7.33. The maximum Gasteiger partial charge on any atom is 0.0216 e. The van der Waals surface area contributed by atoms with E-state index in [2.05, 4.69) is 66.9 Å². The van der Waals surface area contributed by atoms with Crippen LogP contribution >= 0.6 is 0 Å². The molecule has 0 aliphatic rings. The summed E-state index contributed by atoms with van der Waals surface area (Å²) in [5.74, 6) is 5.68. The van der Waals surface area contributed by atoms with Gasteiger partial charge in [0.25, 0.3) is 0 Å². The van der Waals surface area contributed by atoms with Crippen LogP contribution in [0.4, 0.5) is 0 Å². The van der Waals surface area contributed by atoms with E-state index in [1.165, 1.54) is 16.7 Å². The Morgan fingerprint density at radius 2 is 1.55 bits per heavy atom. The minimum absolute atomic E-state index is 0.371. The summed E-state index contributed by atoms with van der Waals surface area (Å²) in [7, 11) is 0. The van der Waals surface area contributed by atoms with Crippen molar-refractivity contribution in [3.8, 4) is 0 Å². The van der Waals surface area contributed by atoms with Crippen molar-refractivity contribution in [2.24, 2.45) is 5.84 Å². The second kappa shape index (κ2) is 7.83. The average Bonchev–Trinajstić information content (AvgIpc) is 2.48. The number of hydrogen-bond acceptors (Lipinski definition) is 2. The molecule has 0 aliphatic carbocycles. The third-order valence-electron chi connectivity index (χ3n) is 3.72. The molecule has 1 atom stereocenters. The second-order valence-electron chi connectivity index (χ2n) is 5.42. The van der Waals surface area contributed by atoms with Crippen molar-refractivity contribution in [1.29, 1.82) is 0 Å². The van der Waals surface area contributed by atoms with Gasteiger partial charge in [-0.1, -0.05) is 60.2 Å². The van der Waals surface area contributed by atoms with Gasteiger partial charge in [-0.15, -0.1) is 0 Å². The summed E-state index contributed by atoms with van der Waals surface area (Å²) in [6, 6.07) is 19.7. The Kier molecular flexibility index (Phi) is 5.78. The van der Waals surface area contributed by atoms with Crippen molar-refractivity contribution in [2.75, 3.05) is 0 Å². The van der Waals surface area contributed by atoms with Gasteiger partial charge in [0, 0.05) is 6.04 Å². The van der Waals surface area contributed by atoms with Crippen molar-refractivity contribution in [2.45, 2.75) is 38.6 Å². The van der Waals surface area contributed by atoms with Crippen molar-refractivity contribution in [3.05, 3.63) is 71.3 Å². The molecule has 1 unspecified atom stereocenters. The lowest BCUT2D eigenvalue weighted by atomic mass is 9.99. The van der Waals surface area contributed by atoms with Gasteiger partial charge in [0.2, 0.25) is 0 Å². The Hall–Kier alpha value is -1.64. The highest BCUT2D eigenvalue weighted by Gasteiger charge is 2.07. The summed E-state index contributed by atoms with van der Waals surface area (Å²) in [5, 5.41) is 0. The fourth-order valence-electron chi connectivity index (χ4n) is 2.51. The number of nitrogens with one attached hydrogen (secondary N) is 1. The zero-order valence-corrected chi connectivity index (χ0v) is 12.2. The quantitative estimate of drug-likeness (QED) is 0.596. The van der Waals surface area contributed by atoms with E-state index in [0.717, 1.165) is 25.7 Å². The third-order valence-corrected chi connectivity index (χ3v) is 3.72. The largest absolute Gasteiger partial charge is 0.271 e. The van der Waals surface area contributed by atoms with Crippen molar-refractivity contribution in [1.82, 2.24) is 5.43 Å². The molecule has 0 aromatic heterocycles. The van der Waals surface area contributed by atoms with Gasteiger partial charge in [0.1, 0.15) is 0 Å². The summed E-state index contributed by atoms with van der Waals surface area (Å²) < 4.78 is 0. The minimum Gasteiger partial charge on any atom is -0.271 e. The van der Waals surface area contributed by atoms with Gasteiger partial charge >= 0.3 is 0 Å². The van der Waals surface area contributed by atoms with Crippen molar-refractivity contribution in [3.63, 3.8) is 0 Å². The van der Waals surface area contributed by atoms with Gasteiger partial charge in [-0.05, 0) is 43.7 Å². The maximum absolute atomic E-state index is 5.68. The number of rotatable bonds is 7. The normalized spacial score (nSPS) is 12.3. The topological polar surface area (TPSA) is 38.0 Å². The molecule has 2 nitrogen and oxygen atoms in total. The van der Waals surface area contributed by atoms with Crippen LogP contribution in [0.5, 0.6) is 0 Å². The monoisotopic (exact) mass is 268 g/mol. The van der Waals surface area contributed by atoms with E-state index in [1.54, 1.807) is 0 Å². The van der Waals surface area contributed by atoms with E-state index in [0.29, 0.717) is 6.04 Å². The molecule has 0 saturated carbocycles. The molecule has 0 fully saturated rings. The first-order chi connectivity index (χ1) is 9.78. The molecule has 106 valence electrons. The SMILES string of the molecule is Cc1cccc(CCC(CCc2ccccc2)NN)c1. The van der Waals surface area contributed by atoms with Crippen LogP contribution in [0.3, 0.4) is 0 Å². The zero-order valence-electron chi connectivity index (χ0n) is 12.2. The van der Waals surface area contributed by atoms with Gasteiger partial charge in [-0.25, -0.2) is 0 Å². The molecule has 20 heavy (non-hydrogen) atoms. The molecular weight excluding hydrogens is 244 g/mol. The molecule has 2 aromatic rings. The third kappa shape index (κ3) is 4.80. The lowest BCUT2D eigenvalue weighted by molar-refractivity contribution is 0.464. The van der Waals surface area contributed by atoms with Crippen LogP contribution in [0.15, 0.2) is 54.6 Å². The predicted molar refractivity (Wildman–Crippen MR) is 85.4 cm³/mol. The highest BCUT2D eigenvalue weighted by atomic mass is 15.2. The van der Waals surface area contributed by atoms with Crippen LogP contribution in [-0.4, -0.2) is 6.04 Å². The van der Waals surface area contributed by atoms with Crippen LogP contribution in [0, 0.1) is 6.92 Å². The highest BCUT2D eigenvalue weighted by Crippen LogP contribution is 2.11. The summed E-state index contributed by atoms with van der Waals surface area (Å²) >= 11 is 0. The summed E-state index contributed by atoms with van der Waals surface area (Å²) in [6.07, 6.45) is 4.30. The molecule has 0 saturated heterocycles. The van der Waals surface area contributed by atoms with Gasteiger partial charge in [-0.2, -0.15) is 0 Å². The lowest BCUT2D eigenvalue weighted by Gasteiger charge is -2.16. The van der Waals surface area contributed by atoms with E-state index >= 15 is 0 Å². The van der Waals surface area contributed by atoms with Gasteiger partial charge in [0.15, 0.2) is 0 Å². The average molecular weight is 268 g/mol. The standard InChI is InChI=1S/C18H24N2/c1-15-6-5-9-17(14-15)11-13-18(20-19)12-10-16-7-3-2-4-8-16/h2-9,14,18,20H,10-13,19H2,1H3. The Labute approximate surface area is 122 Å². The minimum atomic E-state index is 0.371. The molecule has 2 heteroatoms. The fourth-order valence-corrected chi connectivity index (χ4v) is 2.51. The molecule has 0 radical (unpaired) electrons. The van der Waals surface area contributed by atoms with Crippen LogP contribution in [0.2, 0.25) is 0 Å². The number of benzene rings is 2. The summed E-state index contributed by atoms with van der Waals surface area (Å²) in [4.78, 5) is 0. The van der Waals surface area contributed by atoms with E-state index in [9.17, 15) is 0 Å². The Bertz CT molecular complexity index is 508. The highest BCUT2D eigenvalue weighted by molar-refractivity contribution is 5.22. The van der Waals surface area contributed by atoms with Gasteiger partial charge in [0.05, 0.1) is 0 Å². The lowest BCUT2D eigenvalue weighted by Crippen LogP contribution is -2.35. The first kappa shape index (κ1) is 14.8. The number of aryl methyl sites for hydroxylation is 3. The smallest absolute Gasteiger partial charge is 0.0216 e. The maximum atomic E-state index is 5.68. The van der Waals surface area contributed by atoms with E-state index in [-0.39, 0.29) is 0 Å². The van der Waals surface area contributed by atoms with Gasteiger partial charge < -0.3 is 0 Å². The first-order valence-electron chi connectivity index (χ1n) is 7.33. The molecule has 3 N–H and O–H groups in total. The van der Waals surface area contributed by atoms with Crippen LogP contribution in [0.1, 0.15) is 29.5 Å². The summed E-state index contributed by atoms with van der Waals surface area (Å²) in [6.45, 7) is 2.14. The summed E-state index contributed by atoms with van der Waals surface area (Å²) in [5.41, 5.74) is 7.05. The van der Waals surface area contributed by atoms with Crippen molar-refractivity contribution < 1.29 is 0 Å². The van der Waals surface area contributed by atoms with Crippen LogP contribution in [-0.2, 0) is 12.8 Å². The predicted octanol–water partition coefficient (Wildman–Crippen LogP) is 3.39. The Morgan fingerprint density at radius 3 is 2.20 bits per heavy atom. The number of hydrazine groups is 1. The van der Waals surface area contributed by atoms with E-state index in [4.69, 9.17) is 5.84 Å². The molecule has 0 heterocycles. The molecule has 0 amide bonds. The zero-order chi connectivity index (χ0) is 14.2. The van der Waals surface area contributed by atoms with Crippen molar-refractivity contribution >= 4 is 0 Å². The molecule has 0 aliphatic heterocycles. The molecule has 2 aromatic carbocycles. The Morgan fingerprint density at radius 1 is 0.900 bits per heavy atom. The molecular formula is C18H24N2. The van der Waals surface area contributed by atoms with Gasteiger partial charge in [-0.3, -0.25) is 11.3 Å².